The predicted octanol–water partition coefficient (Wildman–Crippen LogP) is 4.54. The molecule has 4 heteroatoms. The molecule has 4 aliphatic rings. The minimum atomic E-state index is -0.542. The Morgan fingerprint density at radius 3 is 2.41 bits per heavy atom. The molecule has 2 unspecified atom stereocenters. The standard InChI is InChI=1S/C18H18F2N2/c19-14-1-2-17(16(20)8-14)22-18-13-6-10-3-11(7-13)5-12(4-10)15(18)9-21-22/h1-2,8-13H,3-7H2. The molecule has 0 radical (unpaired) electrons. The zero-order valence-corrected chi connectivity index (χ0v) is 12.3. The summed E-state index contributed by atoms with van der Waals surface area (Å²) in [6.45, 7) is 0. The Kier molecular flexibility index (Phi) is 2.56. The predicted molar refractivity (Wildman–Crippen MR) is 79.0 cm³/mol. The molecule has 2 fully saturated rings. The molecule has 2 atom stereocenters. The Labute approximate surface area is 128 Å². The van der Waals surface area contributed by atoms with Crippen molar-refractivity contribution in [1.29, 1.82) is 0 Å². The molecule has 0 aliphatic heterocycles. The topological polar surface area (TPSA) is 17.8 Å². The SMILES string of the molecule is Fc1ccc(-n2ncc3c2C2CC4CC(CC3C4)C2)c(F)c1. The van der Waals surface area contributed by atoms with Gasteiger partial charge in [-0.1, -0.05) is 0 Å². The smallest absolute Gasteiger partial charge is 0.151 e. The highest BCUT2D eigenvalue weighted by Gasteiger charge is 2.44. The minimum absolute atomic E-state index is 0.379. The molecule has 1 aromatic heterocycles. The Morgan fingerprint density at radius 1 is 0.955 bits per heavy atom. The highest BCUT2D eigenvalue weighted by atomic mass is 19.1. The lowest BCUT2D eigenvalue weighted by molar-refractivity contribution is 0.163. The van der Waals surface area contributed by atoms with E-state index >= 15 is 0 Å². The van der Waals surface area contributed by atoms with Crippen LogP contribution in [0.1, 0.15) is 55.2 Å². The summed E-state index contributed by atoms with van der Waals surface area (Å²) in [5.74, 6) is 1.64. The Hall–Kier alpha value is -1.71. The van der Waals surface area contributed by atoms with Gasteiger partial charge in [-0.15, -0.1) is 0 Å². The Morgan fingerprint density at radius 2 is 1.68 bits per heavy atom. The Bertz CT molecular complexity index is 738. The maximum absolute atomic E-state index is 14.2. The number of nitrogens with zero attached hydrogens (tertiary/aromatic N) is 2. The van der Waals surface area contributed by atoms with E-state index in [4.69, 9.17) is 0 Å². The van der Waals surface area contributed by atoms with Gasteiger partial charge in [0.2, 0.25) is 0 Å². The van der Waals surface area contributed by atoms with E-state index in [-0.39, 0.29) is 0 Å². The summed E-state index contributed by atoms with van der Waals surface area (Å²) in [5.41, 5.74) is 2.89. The van der Waals surface area contributed by atoms with Crippen LogP contribution < -0.4 is 0 Å². The van der Waals surface area contributed by atoms with Crippen LogP contribution in [0.5, 0.6) is 0 Å². The molecule has 4 bridgehead atoms. The van der Waals surface area contributed by atoms with Crippen LogP contribution in [0.25, 0.3) is 5.69 Å². The first-order valence-corrected chi connectivity index (χ1v) is 8.22. The maximum atomic E-state index is 14.2. The molecule has 2 saturated carbocycles. The van der Waals surface area contributed by atoms with Crippen molar-refractivity contribution in [2.75, 3.05) is 0 Å². The summed E-state index contributed by atoms with van der Waals surface area (Å²) >= 11 is 0. The van der Waals surface area contributed by atoms with Crippen LogP contribution in [0.15, 0.2) is 24.4 Å². The molecule has 0 N–H and O–H groups in total. The van der Waals surface area contributed by atoms with E-state index in [0.29, 0.717) is 17.5 Å². The molecule has 0 spiro atoms. The van der Waals surface area contributed by atoms with Crippen LogP contribution in [0.3, 0.4) is 0 Å². The van der Waals surface area contributed by atoms with Crippen molar-refractivity contribution in [2.24, 2.45) is 11.8 Å². The second-order valence-electron chi connectivity index (χ2n) is 7.30. The van der Waals surface area contributed by atoms with Crippen LogP contribution in [-0.2, 0) is 0 Å². The van der Waals surface area contributed by atoms with Gasteiger partial charge in [0.15, 0.2) is 5.82 Å². The fraction of sp³-hybridized carbons (Fsp3) is 0.500. The molecule has 114 valence electrons. The summed E-state index contributed by atoms with van der Waals surface area (Å²) < 4.78 is 29.2. The van der Waals surface area contributed by atoms with Gasteiger partial charge in [0.25, 0.3) is 0 Å². The second kappa shape index (κ2) is 4.40. The van der Waals surface area contributed by atoms with Crippen molar-refractivity contribution in [1.82, 2.24) is 9.78 Å². The van der Waals surface area contributed by atoms with Gasteiger partial charge in [-0.05, 0) is 67.6 Å². The van der Waals surface area contributed by atoms with Crippen LogP contribution in [0, 0.1) is 23.5 Å². The van der Waals surface area contributed by atoms with E-state index in [2.05, 4.69) is 5.10 Å². The summed E-state index contributed by atoms with van der Waals surface area (Å²) in [6.07, 6.45) is 8.24. The third-order valence-electron chi connectivity index (χ3n) is 5.94. The molecule has 2 nitrogen and oxygen atoms in total. The molecule has 2 aromatic rings. The van der Waals surface area contributed by atoms with Gasteiger partial charge in [-0.3, -0.25) is 0 Å². The molecule has 0 amide bonds. The normalized spacial score (nSPS) is 32.1. The van der Waals surface area contributed by atoms with Crippen LogP contribution in [-0.4, -0.2) is 9.78 Å². The molecular formula is C18H18F2N2. The number of aromatic nitrogens is 2. The average molecular weight is 300 g/mol. The second-order valence-corrected chi connectivity index (χ2v) is 7.30. The molecule has 1 heterocycles. The molecule has 22 heavy (non-hydrogen) atoms. The first kappa shape index (κ1) is 12.8. The van der Waals surface area contributed by atoms with Gasteiger partial charge >= 0.3 is 0 Å². The van der Waals surface area contributed by atoms with E-state index in [1.807, 2.05) is 6.20 Å². The largest absolute Gasteiger partial charge is 0.234 e. The summed E-state index contributed by atoms with van der Waals surface area (Å²) in [7, 11) is 0. The number of hydrogen-bond donors (Lipinski definition) is 0. The number of benzene rings is 1. The van der Waals surface area contributed by atoms with Gasteiger partial charge in [0, 0.05) is 12.0 Å². The lowest BCUT2D eigenvalue weighted by atomic mass is 9.67. The van der Waals surface area contributed by atoms with Crippen molar-refractivity contribution in [3.05, 3.63) is 47.3 Å². The third kappa shape index (κ3) is 1.73. The summed E-state index contributed by atoms with van der Waals surface area (Å²) in [4.78, 5) is 0. The maximum Gasteiger partial charge on any atom is 0.151 e. The lowest BCUT2D eigenvalue weighted by Crippen LogP contribution is -2.26. The van der Waals surface area contributed by atoms with Gasteiger partial charge in [-0.25, -0.2) is 13.5 Å². The first-order chi connectivity index (χ1) is 10.7. The monoisotopic (exact) mass is 300 g/mol. The number of halogens is 2. The highest BCUT2D eigenvalue weighted by molar-refractivity contribution is 5.41. The van der Waals surface area contributed by atoms with E-state index in [1.54, 1.807) is 4.68 Å². The van der Waals surface area contributed by atoms with Crippen LogP contribution in [0.4, 0.5) is 8.78 Å². The molecule has 4 aliphatic carbocycles. The minimum Gasteiger partial charge on any atom is -0.234 e. The summed E-state index contributed by atoms with van der Waals surface area (Å²) in [5, 5.41) is 4.48. The lowest BCUT2D eigenvalue weighted by Gasteiger charge is -2.38. The van der Waals surface area contributed by atoms with Crippen molar-refractivity contribution >= 4 is 0 Å². The van der Waals surface area contributed by atoms with E-state index in [1.165, 1.54) is 55.5 Å². The summed E-state index contributed by atoms with van der Waals surface area (Å²) in [6, 6.07) is 3.77. The highest BCUT2D eigenvalue weighted by Crippen LogP contribution is 2.56. The molecule has 1 aromatic carbocycles. The Balaban J connectivity index is 1.69. The van der Waals surface area contributed by atoms with E-state index < -0.39 is 11.6 Å². The quantitative estimate of drug-likeness (QED) is 0.756. The van der Waals surface area contributed by atoms with Gasteiger partial charge in [-0.2, -0.15) is 5.10 Å². The van der Waals surface area contributed by atoms with E-state index in [9.17, 15) is 8.78 Å². The zero-order chi connectivity index (χ0) is 14.8. The third-order valence-corrected chi connectivity index (χ3v) is 5.94. The first-order valence-electron chi connectivity index (χ1n) is 8.22. The molecular weight excluding hydrogens is 282 g/mol. The van der Waals surface area contributed by atoms with Crippen LogP contribution in [0.2, 0.25) is 0 Å². The number of rotatable bonds is 1. The fourth-order valence-corrected chi connectivity index (χ4v) is 5.27. The van der Waals surface area contributed by atoms with Crippen molar-refractivity contribution in [3.63, 3.8) is 0 Å². The average Bonchev–Trinajstić information content (AvgIpc) is 2.83. The van der Waals surface area contributed by atoms with Gasteiger partial charge < -0.3 is 0 Å². The number of hydrogen-bond acceptors (Lipinski definition) is 1. The van der Waals surface area contributed by atoms with Crippen LogP contribution >= 0.6 is 0 Å². The van der Waals surface area contributed by atoms with Gasteiger partial charge in [0.1, 0.15) is 11.5 Å². The molecule has 0 saturated heterocycles. The van der Waals surface area contributed by atoms with Gasteiger partial charge in [0.05, 0.1) is 11.9 Å². The van der Waals surface area contributed by atoms with Crippen molar-refractivity contribution < 1.29 is 8.78 Å². The van der Waals surface area contributed by atoms with Crippen molar-refractivity contribution in [3.8, 4) is 5.69 Å². The molecule has 6 rings (SSSR count). The zero-order valence-electron chi connectivity index (χ0n) is 12.3. The fourth-order valence-electron chi connectivity index (χ4n) is 5.27. The van der Waals surface area contributed by atoms with Crippen molar-refractivity contribution in [2.45, 2.75) is 43.9 Å². The van der Waals surface area contributed by atoms with E-state index in [0.717, 1.165) is 17.9 Å².